The first-order valence-corrected chi connectivity index (χ1v) is 5.56. The van der Waals surface area contributed by atoms with Crippen LogP contribution in [0, 0.1) is 0 Å². The Bertz CT molecular complexity index is 333. The molecule has 0 unspecified atom stereocenters. The average molecular weight is 204 g/mol. The summed E-state index contributed by atoms with van der Waals surface area (Å²) >= 11 is 0. The van der Waals surface area contributed by atoms with Crippen LogP contribution in [0.15, 0.2) is 24.4 Å². The molecule has 3 nitrogen and oxygen atoms in total. The van der Waals surface area contributed by atoms with Gasteiger partial charge in [-0.1, -0.05) is 13.0 Å². The number of pyridine rings is 1. The minimum atomic E-state index is 0.207. The number of rotatable bonds is 4. The first kappa shape index (κ1) is 10.1. The van der Waals surface area contributed by atoms with Gasteiger partial charge < -0.3 is 0 Å². The van der Waals surface area contributed by atoms with Gasteiger partial charge in [-0.15, -0.1) is 0 Å². The van der Waals surface area contributed by atoms with E-state index < -0.39 is 0 Å². The van der Waals surface area contributed by atoms with Gasteiger partial charge in [0.2, 0.25) is 5.91 Å². The number of hydrogen-bond donors (Lipinski definition) is 0. The molecule has 1 aromatic heterocycles. The van der Waals surface area contributed by atoms with E-state index in [-0.39, 0.29) is 5.91 Å². The van der Waals surface area contributed by atoms with Crippen molar-refractivity contribution in [3.63, 3.8) is 0 Å². The highest BCUT2D eigenvalue weighted by Gasteiger charge is 2.33. The first-order chi connectivity index (χ1) is 7.33. The Labute approximate surface area is 90.1 Å². The Kier molecular flexibility index (Phi) is 2.99. The van der Waals surface area contributed by atoms with Crippen molar-refractivity contribution < 1.29 is 4.79 Å². The van der Waals surface area contributed by atoms with Crippen molar-refractivity contribution >= 4 is 11.7 Å². The van der Waals surface area contributed by atoms with Gasteiger partial charge in [0.05, 0.1) is 0 Å². The van der Waals surface area contributed by atoms with E-state index in [1.165, 1.54) is 0 Å². The highest BCUT2D eigenvalue weighted by molar-refractivity contribution is 5.93. The van der Waals surface area contributed by atoms with E-state index >= 15 is 0 Å². The van der Waals surface area contributed by atoms with Crippen LogP contribution in [0.25, 0.3) is 0 Å². The molecule has 3 heteroatoms. The third-order valence-electron chi connectivity index (χ3n) is 2.54. The highest BCUT2D eigenvalue weighted by Crippen LogP contribution is 2.31. The number of nitrogens with zero attached hydrogens (tertiary/aromatic N) is 2. The molecule has 80 valence electrons. The Morgan fingerprint density at radius 3 is 2.87 bits per heavy atom. The van der Waals surface area contributed by atoms with E-state index in [9.17, 15) is 4.79 Å². The summed E-state index contributed by atoms with van der Waals surface area (Å²) in [5.74, 6) is 1.01. The second-order valence-corrected chi connectivity index (χ2v) is 3.93. The molecular formula is C12H16N2O. The van der Waals surface area contributed by atoms with E-state index in [2.05, 4.69) is 4.98 Å². The lowest BCUT2D eigenvalue weighted by Crippen LogP contribution is -2.33. The lowest BCUT2D eigenvalue weighted by molar-refractivity contribution is -0.118. The van der Waals surface area contributed by atoms with Gasteiger partial charge in [-0.05, 0) is 31.4 Å². The van der Waals surface area contributed by atoms with Crippen LogP contribution < -0.4 is 4.90 Å². The van der Waals surface area contributed by atoms with Gasteiger partial charge in [0, 0.05) is 18.7 Å². The number of aromatic nitrogens is 1. The summed E-state index contributed by atoms with van der Waals surface area (Å²) in [5.41, 5.74) is 0. The van der Waals surface area contributed by atoms with Crippen molar-refractivity contribution in [3.8, 4) is 0 Å². The fourth-order valence-corrected chi connectivity index (χ4v) is 1.68. The molecule has 0 aliphatic heterocycles. The molecule has 1 saturated carbocycles. The highest BCUT2D eigenvalue weighted by atomic mass is 16.2. The topological polar surface area (TPSA) is 33.2 Å². The summed E-state index contributed by atoms with van der Waals surface area (Å²) in [4.78, 5) is 18.0. The smallest absolute Gasteiger partial charge is 0.228 e. The molecule has 1 aliphatic rings. The number of hydrogen-bond acceptors (Lipinski definition) is 2. The normalized spacial score (nSPS) is 15.0. The second-order valence-electron chi connectivity index (χ2n) is 3.93. The van der Waals surface area contributed by atoms with Crippen LogP contribution in [-0.2, 0) is 4.79 Å². The summed E-state index contributed by atoms with van der Waals surface area (Å²) in [7, 11) is 0. The molecule has 0 spiro atoms. The van der Waals surface area contributed by atoms with Gasteiger partial charge >= 0.3 is 0 Å². The number of anilines is 1. The molecule has 0 radical (unpaired) electrons. The summed E-state index contributed by atoms with van der Waals surface area (Å²) in [5, 5.41) is 0. The van der Waals surface area contributed by atoms with Crippen LogP contribution >= 0.6 is 0 Å². The third kappa shape index (κ3) is 2.35. The van der Waals surface area contributed by atoms with Gasteiger partial charge in [0.1, 0.15) is 5.82 Å². The molecule has 1 aliphatic carbocycles. The van der Waals surface area contributed by atoms with E-state index in [4.69, 9.17) is 0 Å². The zero-order chi connectivity index (χ0) is 10.7. The Morgan fingerprint density at radius 1 is 1.53 bits per heavy atom. The van der Waals surface area contributed by atoms with E-state index in [1.807, 2.05) is 30.0 Å². The van der Waals surface area contributed by atoms with Crippen LogP contribution in [0.1, 0.15) is 32.6 Å². The average Bonchev–Trinajstić information content (AvgIpc) is 3.04. The Hall–Kier alpha value is -1.38. The fourth-order valence-electron chi connectivity index (χ4n) is 1.68. The lowest BCUT2D eigenvalue weighted by Gasteiger charge is -2.20. The van der Waals surface area contributed by atoms with Gasteiger partial charge in [-0.3, -0.25) is 9.69 Å². The minimum Gasteiger partial charge on any atom is -0.294 e. The van der Waals surface area contributed by atoms with Crippen molar-refractivity contribution in [3.05, 3.63) is 24.4 Å². The van der Waals surface area contributed by atoms with Crippen molar-refractivity contribution in [1.82, 2.24) is 4.98 Å². The van der Waals surface area contributed by atoms with Crippen LogP contribution in [-0.4, -0.2) is 16.9 Å². The molecule has 1 aromatic rings. The fraction of sp³-hybridized carbons (Fsp3) is 0.500. The lowest BCUT2D eigenvalue weighted by atomic mass is 10.3. The molecule has 0 aromatic carbocycles. The summed E-state index contributed by atoms with van der Waals surface area (Å²) in [6.07, 6.45) is 5.49. The van der Waals surface area contributed by atoms with E-state index in [0.717, 1.165) is 25.1 Å². The molecule has 2 rings (SSSR count). The van der Waals surface area contributed by atoms with Gasteiger partial charge in [-0.25, -0.2) is 4.98 Å². The standard InChI is InChI=1S/C12H16N2O/c1-2-5-12(15)14(10-7-8-10)11-6-3-4-9-13-11/h3-4,6,9-10H,2,5,7-8H2,1H3. The maximum Gasteiger partial charge on any atom is 0.228 e. The summed E-state index contributed by atoms with van der Waals surface area (Å²) in [6.45, 7) is 2.03. The Balaban J connectivity index is 2.16. The van der Waals surface area contributed by atoms with Crippen molar-refractivity contribution in [2.75, 3.05) is 4.90 Å². The molecule has 0 bridgehead atoms. The van der Waals surface area contributed by atoms with Gasteiger partial charge in [0.25, 0.3) is 0 Å². The molecule has 1 fully saturated rings. The van der Waals surface area contributed by atoms with Crippen LogP contribution in [0.3, 0.4) is 0 Å². The van der Waals surface area contributed by atoms with Crippen molar-refractivity contribution in [2.24, 2.45) is 0 Å². The van der Waals surface area contributed by atoms with E-state index in [0.29, 0.717) is 12.5 Å². The third-order valence-corrected chi connectivity index (χ3v) is 2.54. The molecule has 15 heavy (non-hydrogen) atoms. The SMILES string of the molecule is CCCC(=O)N(c1ccccn1)C1CC1. The maximum absolute atomic E-state index is 11.9. The van der Waals surface area contributed by atoms with E-state index in [1.54, 1.807) is 6.20 Å². The summed E-state index contributed by atoms with van der Waals surface area (Å²) in [6, 6.07) is 6.11. The Morgan fingerprint density at radius 2 is 2.33 bits per heavy atom. The predicted octanol–water partition coefficient (Wildman–Crippen LogP) is 2.38. The van der Waals surface area contributed by atoms with Gasteiger partial charge in [-0.2, -0.15) is 0 Å². The number of amides is 1. The number of carbonyl (C=O) groups excluding carboxylic acids is 1. The van der Waals surface area contributed by atoms with Crippen molar-refractivity contribution in [1.29, 1.82) is 0 Å². The molecule has 0 N–H and O–H groups in total. The maximum atomic E-state index is 11.9. The molecule has 0 saturated heterocycles. The second kappa shape index (κ2) is 4.43. The predicted molar refractivity (Wildman–Crippen MR) is 59.7 cm³/mol. The monoisotopic (exact) mass is 204 g/mol. The molecular weight excluding hydrogens is 188 g/mol. The zero-order valence-electron chi connectivity index (χ0n) is 9.02. The van der Waals surface area contributed by atoms with Crippen LogP contribution in [0.5, 0.6) is 0 Å². The zero-order valence-corrected chi connectivity index (χ0v) is 9.02. The van der Waals surface area contributed by atoms with Crippen LogP contribution in [0.4, 0.5) is 5.82 Å². The van der Waals surface area contributed by atoms with Crippen LogP contribution in [0.2, 0.25) is 0 Å². The molecule has 0 atom stereocenters. The quantitative estimate of drug-likeness (QED) is 0.754. The minimum absolute atomic E-state index is 0.207. The largest absolute Gasteiger partial charge is 0.294 e. The van der Waals surface area contributed by atoms with Crippen molar-refractivity contribution in [2.45, 2.75) is 38.6 Å². The molecule has 1 heterocycles. The molecule has 1 amide bonds. The first-order valence-electron chi connectivity index (χ1n) is 5.56. The number of carbonyl (C=O) groups is 1. The van der Waals surface area contributed by atoms with Gasteiger partial charge in [0.15, 0.2) is 0 Å². The summed E-state index contributed by atoms with van der Waals surface area (Å²) < 4.78 is 0.